The van der Waals surface area contributed by atoms with Crippen LogP contribution in [-0.2, 0) is 4.79 Å². The molecule has 1 aliphatic carbocycles. The Morgan fingerprint density at radius 2 is 2.06 bits per heavy atom. The number of carbonyl (C=O) groups is 1. The summed E-state index contributed by atoms with van der Waals surface area (Å²) in [7, 11) is 1.58. The molecular weight excluding hydrogens is 426 g/mol. The molecule has 0 atom stereocenters. The average Bonchev–Trinajstić information content (AvgIpc) is 3.54. The van der Waals surface area contributed by atoms with Crippen molar-refractivity contribution in [2.24, 2.45) is 0 Å². The van der Waals surface area contributed by atoms with Crippen LogP contribution < -0.4 is 10.1 Å². The minimum absolute atomic E-state index is 0.105. The highest BCUT2D eigenvalue weighted by molar-refractivity contribution is 7.99. The summed E-state index contributed by atoms with van der Waals surface area (Å²) in [4.78, 5) is 12.9. The van der Waals surface area contributed by atoms with Crippen molar-refractivity contribution in [1.82, 2.24) is 24.8 Å². The number of hydrogen-bond donors (Lipinski definition) is 1. The Labute approximate surface area is 190 Å². The van der Waals surface area contributed by atoms with E-state index in [4.69, 9.17) is 4.74 Å². The van der Waals surface area contributed by atoms with Crippen LogP contribution in [0.25, 0.3) is 5.69 Å². The van der Waals surface area contributed by atoms with Crippen molar-refractivity contribution in [3.05, 3.63) is 41.1 Å². The fourth-order valence-corrected chi connectivity index (χ4v) is 4.91. The van der Waals surface area contributed by atoms with Crippen LogP contribution in [0.1, 0.15) is 48.5 Å². The van der Waals surface area contributed by atoms with Gasteiger partial charge in [-0.05, 0) is 54.8 Å². The van der Waals surface area contributed by atoms with Gasteiger partial charge in [-0.25, -0.2) is 0 Å². The van der Waals surface area contributed by atoms with Crippen molar-refractivity contribution in [1.29, 1.82) is 5.26 Å². The smallest absolute Gasteiger partial charge is 0.235 e. The van der Waals surface area contributed by atoms with Crippen LogP contribution >= 0.6 is 11.8 Å². The Morgan fingerprint density at radius 1 is 1.31 bits per heavy atom. The van der Waals surface area contributed by atoms with E-state index < -0.39 is 0 Å². The number of ether oxygens (including phenoxy) is 1. The first kappa shape index (κ1) is 21.9. The second-order valence-corrected chi connectivity index (χ2v) is 8.68. The third-order valence-electron chi connectivity index (χ3n) is 5.90. The summed E-state index contributed by atoms with van der Waals surface area (Å²) in [5, 5.41) is 25.0. The van der Waals surface area contributed by atoms with Crippen LogP contribution in [0.2, 0.25) is 0 Å². The molecule has 0 spiro atoms. The molecule has 9 nitrogen and oxygen atoms in total. The van der Waals surface area contributed by atoms with Crippen LogP contribution in [0.3, 0.4) is 0 Å². The van der Waals surface area contributed by atoms with Crippen LogP contribution in [0.4, 0.5) is 5.82 Å². The fourth-order valence-electron chi connectivity index (χ4n) is 4.23. The van der Waals surface area contributed by atoms with Gasteiger partial charge in [-0.1, -0.05) is 36.7 Å². The van der Waals surface area contributed by atoms with Crippen molar-refractivity contribution in [3.63, 3.8) is 0 Å². The van der Waals surface area contributed by atoms with Gasteiger partial charge in [0.2, 0.25) is 11.1 Å². The van der Waals surface area contributed by atoms with E-state index in [1.807, 2.05) is 38.1 Å². The Bertz CT molecular complexity index is 1170. The fraction of sp³-hybridized carbons (Fsp3) is 0.409. The normalized spacial score (nSPS) is 13.8. The van der Waals surface area contributed by atoms with Crippen LogP contribution in [0.15, 0.2) is 29.4 Å². The number of hydrogen-bond acceptors (Lipinski definition) is 7. The number of methoxy groups -OCH3 is 1. The van der Waals surface area contributed by atoms with E-state index in [1.54, 1.807) is 11.8 Å². The molecular formula is C22H25N7O2S. The third kappa shape index (κ3) is 4.08. The molecule has 2 heterocycles. The Kier molecular flexibility index (Phi) is 6.46. The molecule has 2 aromatic heterocycles. The lowest BCUT2D eigenvalue weighted by Gasteiger charge is -2.19. The number of aromatic nitrogens is 5. The van der Waals surface area contributed by atoms with E-state index in [-0.39, 0.29) is 11.7 Å². The van der Waals surface area contributed by atoms with E-state index in [0.29, 0.717) is 34.0 Å². The monoisotopic (exact) mass is 451 g/mol. The van der Waals surface area contributed by atoms with Crippen LogP contribution in [-0.4, -0.2) is 43.5 Å². The summed E-state index contributed by atoms with van der Waals surface area (Å²) in [5.74, 6) is 1.13. The molecule has 10 heteroatoms. The topological polar surface area (TPSA) is 111 Å². The number of nitriles is 1. The number of anilines is 1. The molecule has 1 saturated carbocycles. The molecule has 1 N–H and O–H groups in total. The van der Waals surface area contributed by atoms with Gasteiger partial charge in [0.05, 0.1) is 18.4 Å². The van der Waals surface area contributed by atoms with E-state index in [9.17, 15) is 10.1 Å². The summed E-state index contributed by atoms with van der Waals surface area (Å²) >= 11 is 1.22. The number of rotatable bonds is 7. The first-order valence-corrected chi connectivity index (χ1v) is 11.5. The lowest BCUT2D eigenvalue weighted by atomic mass is 10.2. The summed E-state index contributed by atoms with van der Waals surface area (Å²) in [5.41, 5.74) is 3.18. The molecule has 166 valence electrons. The van der Waals surface area contributed by atoms with Gasteiger partial charge in [0.15, 0.2) is 0 Å². The van der Waals surface area contributed by atoms with Gasteiger partial charge in [-0.15, -0.1) is 5.10 Å². The first-order valence-electron chi connectivity index (χ1n) is 10.5. The highest BCUT2D eigenvalue weighted by Gasteiger charge is 2.27. The SMILES string of the molecule is COc1ccccc1-n1nnnc1SCC(=O)Nc1c(C#N)c(C)c(C)n1C1CCCC1. The van der Waals surface area contributed by atoms with Crippen LogP contribution in [0.5, 0.6) is 5.75 Å². The van der Waals surface area contributed by atoms with Gasteiger partial charge in [-0.2, -0.15) is 9.94 Å². The van der Waals surface area contributed by atoms with Gasteiger partial charge < -0.3 is 14.6 Å². The molecule has 3 aromatic rings. The first-order chi connectivity index (χ1) is 15.5. The van der Waals surface area contributed by atoms with Gasteiger partial charge in [-0.3, -0.25) is 4.79 Å². The number of amides is 1. The number of carbonyl (C=O) groups excluding carboxylic acids is 1. The van der Waals surface area contributed by atoms with Gasteiger partial charge in [0, 0.05) is 11.7 Å². The van der Waals surface area contributed by atoms with E-state index in [2.05, 4.69) is 31.5 Å². The largest absolute Gasteiger partial charge is 0.494 e. The second-order valence-electron chi connectivity index (χ2n) is 7.74. The Morgan fingerprint density at radius 3 is 2.78 bits per heavy atom. The standard InChI is InChI=1S/C22H25N7O2S/c1-14-15(2)28(16-8-4-5-9-16)21(17(14)12-23)24-20(30)13-32-22-25-26-27-29(22)18-10-6-7-11-19(18)31-3/h6-7,10-11,16H,4-5,8-9,13H2,1-3H3,(H,24,30). The summed E-state index contributed by atoms with van der Waals surface area (Å²) < 4.78 is 9.08. The molecule has 1 fully saturated rings. The number of para-hydroxylation sites is 2. The highest BCUT2D eigenvalue weighted by atomic mass is 32.2. The quantitative estimate of drug-likeness (QED) is 0.544. The Hall–Kier alpha value is -3.32. The molecule has 4 rings (SSSR count). The number of nitrogens with zero attached hydrogens (tertiary/aromatic N) is 6. The van der Waals surface area contributed by atoms with Crippen molar-refractivity contribution in [3.8, 4) is 17.5 Å². The molecule has 1 amide bonds. The number of nitrogens with one attached hydrogen (secondary N) is 1. The maximum Gasteiger partial charge on any atom is 0.235 e. The maximum atomic E-state index is 12.9. The molecule has 0 aliphatic heterocycles. The molecule has 0 radical (unpaired) electrons. The Balaban J connectivity index is 1.53. The number of thioether (sulfide) groups is 1. The van der Waals surface area contributed by atoms with E-state index >= 15 is 0 Å². The zero-order valence-electron chi connectivity index (χ0n) is 18.3. The number of tetrazole rings is 1. The lowest BCUT2D eigenvalue weighted by molar-refractivity contribution is -0.113. The van der Waals surface area contributed by atoms with Crippen molar-refractivity contribution >= 4 is 23.5 Å². The zero-order valence-corrected chi connectivity index (χ0v) is 19.1. The summed E-state index contributed by atoms with van der Waals surface area (Å²) in [6, 6.07) is 9.99. The zero-order chi connectivity index (χ0) is 22.7. The molecule has 1 aromatic carbocycles. The van der Waals surface area contributed by atoms with Gasteiger partial charge in [0.25, 0.3) is 0 Å². The molecule has 0 unspecified atom stereocenters. The lowest BCUT2D eigenvalue weighted by Crippen LogP contribution is -2.20. The van der Waals surface area contributed by atoms with Gasteiger partial charge >= 0.3 is 0 Å². The molecule has 0 saturated heterocycles. The van der Waals surface area contributed by atoms with Crippen LogP contribution in [0, 0.1) is 25.2 Å². The van der Waals surface area contributed by atoms with Crippen molar-refractivity contribution in [2.45, 2.75) is 50.7 Å². The molecule has 1 aliphatic rings. The third-order valence-corrected chi connectivity index (χ3v) is 6.82. The highest BCUT2D eigenvalue weighted by Crippen LogP contribution is 2.37. The van der Waals surface area contributed by atoms with E-state index in [0.717, 1.165) is 36.9 Å². The summed E-state index contributed by atoms with van der Waals surface area (Å²) in [6.07, 6.45) is 4.45. The molecule has 32 heavy (non-hydrogen) atoms. The van der Waals surface area contributed by atoms with Gasteiger partial charge in [0.1, 0.15) is 23.3 Å². The second kappa shape index (κ2) is 9.44. The predicted octanol–water partition coefficient (Wildman–Crippen LogP) is 3.81. The van der Waals surface area contributed by atoms with Crippen molar-refractivity contribution in [2.75, 3.05) is 18.2 Å². The summed E-state index contributed by atoms with van der Waals surface area (Å²) in [6.45, 7) is 3.95. The average molecular weight is 452 g/mol. The maximum absolute atomic E-state index is 12.9. The number of benzene rings is 1. The molecule has 0 bridgehead atoms. The van der Waals surface area contributed by atoms with Crippen molar-refractivity contribution < 1.29 is 9.53 Å². The predicted molar refractivity (Wildman–Crippen MR) is 121 cm³/mol. The minimum atomic E-state index is -0.210. The van der Waals surface area contributed by atoms with E-state index in [1.165, 1.54) is 11.8 Å². The minimum Gasteiger partial charge on any atom is -0.494 e.